The van der Waals surface area contributed by atoms with Crippen molar-refractivity contribution in [3.63, 3.8) is 0 Å². The number of aromatic nitrogens is 1. The zero-order valence-electron chi connectivity index (χ0n) is 9.43. The zero-order chi connectivity index (χ0) is 13.0. The Morgan fingerprint density at radius 3 is 2.83 bits per heavy atom. The number of hydrogen-bond acceptors (Lipinski definition) is 3. The summed E-state index contributed by atoms with van der Waals surface area (Å²) in [6, 6.07) is 10.6. The van der Waals surface area contributed by atoms with E-state index in [4.69, 9.17) is 5.11 Å². The van der Waals surface area contributed by atoms with Gasteiger partial charge in [0.05, 0.1) is 23.5 Å². The number of rotatable bonds is 4. The lowest BCUT2D eigenvalue weighted by molar-refractivity contribution is 0.0698. The van der Waals surface area contributed by atoms with Crippen molar-refractivity contribution in [2.45, 2.75) is 6.54 Å². The Labute approximate surface area is 113 Å². The van der Waals surface area contributed by atoms with Gasteiger partial charge in [0.15, 0.2) is 0 Å². The molecule has 0 aliphatic heterocycles. The lowest BCUT2D eigenvalue weighted by Gasteiger charge is -2.09. The lowest BCUT2D eigenvalue weighted by Crippen LogP contribution is -2.07. The zero-order valence-corrected chi connectivity index (χ0v) is 11.0. The first-order chi connectivity index (χ1) is 8.66. The van der Waals surface area contributed by atoms with Crippen molar-refractivity contribution in [2.24, 2.45) is 0 Å². The molecule has 0 unspecified atom stereocenters. The molecule has 0 saturated carbocycles. The fraction of sp³-hybridized carbons (Fsp3) is 0.0769. The second-order valence-corrected chi connectivity index (χ2v) is 4.59. The van der Waals surface area contributed by atoms with Gasteiger partial charge in [-0.3, -0.25) is 4.98 Å². The topological polar surface area (TPSA) is 62.2 Å². The number of carboxylic acids is 1. The summed E-state index contributed by atoms with van der Waals surface area (Å²) in [7, 11) is 0. The van der Waals surface area contributed by atoms with Crippen molar-refractivity contribution in [3.05, 3.63) is 58.3 Å². The summed E-state index contributed by atoms with van der Waals surface area (Å²) in [6.07, 6.45) is 1.70. The van der Waals surface area contributed by atoms with E-state index in [1.807, 2.05) is 18.2 Å². The highest BCUT2D eigenvalue weighted by Gasteiger charge is 2.10. The largest absolute Gasteiger partial charge is 0.478 e. The summed E-state index contributed by atoms with van der Waals surface area (Å²) in [6.45, 7) is 0.484. The molecule has 0 amide bonds. The van der Waals surface area contributed by atoms with Gasteiger partial charge in [0.25, 0.3) is 0 Å². The number of anilines is 1. The van der Waals surface area contributed by atoms with Gasteiger partial charge in [0.1, 0.15) is 0 Å². The van der Waals surface area contributed by atoms with Crippen molar-refractivity contribution >= 4 is 27.6 Å². The molecule has 1 aromatic heterocycles. The molecule has 0 atom stereocenters. The average molecular weight is 307 g/mol. The molecule has 92 valence electrons. The van der Waals surface area contributed by atoms with Crippen molar-refractivity contribution in [3.8, 4) is 0 Å². The van der Waals surface area contributed by atoms with Gasteiger partial charge in [-0.2, -0.15) is 0 Å². The Morgan fingerprint density at radius 2 is 2.17 bits per heavy atom. The number of carbonyl (C=O) groups is 1. The molecule has 0 fully saturated rings. The maximum absolute atomic E-state index is 11.1. The standard InChI is InChI=1S/C13H11BrN2O2/c14-9-4-5-11(13(17)18)12(7-9)16-8-10-3-1-2-6-15-10/h1-7,16H,8H2,(H,17,18). The summed E-state index contributed by atoms with van der Waals surface area (Å²) >= 11 is 3.32. The van der Waals surface area contributed by atoms with E-state index in [0.717, 1.165) is 10.2 Å². The predicted octanol–water partition coefficient (Wildman–Crippen LogP) is 3.15. The fourth-order valence-electron chi connectivity index (χ4n) is 1.54. The van der Waals surface area contributed by atoms with Gasteiger partial charge in [0.2, 0.25) is 0 Å². The quantitative estimate of drug-likeness (QED) is 0.911. The summed E-state index contributed by atoms with van der Waals surface area (Å²) in [4.78, 5) is 15.2. The summed E-state index contributed by atoms with van der Waals surface area (Å²) in [5.74, 6) is -0.953. The van der Waals surface area contributed by atoms with Crippen LogP contribution in [-0.2, 0) is 6.54 Å². The molecule has 0 bridgehead atoms. The Kier molecular flexibility index (Phi) is 3.94. The van der Waals surface area contributed by atoms with Crippen molar-refractivity contribution in [1.82, 2.24) is 4.98 Å². The molecule has 0 spiro atoms. The van der Waals surface area contributed by atoms with Gasteiger partial charge in [-0.1, -0.05) is 22.0 Å². The van der Waals surface area contributed by atoms with Crippen LogP contribution in [0.15, 0.2) is 47.1 Å². The molecule has 0 aliphatic carbocycles. The molecule has 2 aromatic rings. The maximum atomic E-state index is 11.1. The van der Waals surface area contributed by atoms with E-state index < -0.39 is 5.97 Å². The second kappa shape index (κ2) is 5.64. The van der Waals surface area contributed by atoms with Gasteiger partial charge >= 0.3 is 5.97 Å². The van der Waals surface area contributed by atoms with E-state index in [2.05, 4.69) is 26.2 Å². The van der Waals surface area contributed by atoms with Crippen LogP contribution in [-0.4, -0.2) is 16.1 Å². The molecule has 0 radical (unpaired) electrons. The van der Waals surface area contributed by atoms with Crippen LogP contribution in [0.1, 0.15) is 16.1 Å². The first-order valence-electron chi connectivity index (χ1n) is 5.33. The number of nitrogens with zero attached hydrogens (tertiary/aromatic N) is 1. The Balaban J connectivity index is 2.18. The molecule has 1 heterocycles. The molecule has 0 saturated heterocycles. The molecular weight excluding hydrogens is 296 g/mol. The Morgan fingerprint density at radius 1 is 1.33 bits per heavy atom. The highest BCUT2D eigenvalue weighted by molar-refractivity contribution is 9.10. The molecule has 2 rings (SSSR count). The number of aromatic carboxylic acids is 1. The monoisotopic (exact) mass is 306 g/mol. The van der Waals surface area contributed by atoms with E-state index >= 15 is 0 Å². The van der Waals surface area contributed by atoms with Gasteiger partial charge in [-0.05, 0) is 30.3 Å². The fourth-order valence-corrected chi connectivity index (χ4v) is 1.90. The van der Waals surface area contributed by atoms with Crippen LogP contribution in [0, 0.1) is 0 Å². The van der Waals surface area contributed by atoms with Crippen LogP contribution >= 0.6 is 15.9 Å². The third-order valence-corrected chi connectivity index (χ3v) is 2.89. The molecule has 1 aromatic carbocycles. The highest BCUT2D eigenvalue weighted by Crippen LogP contribution is 2.22. The minimum Gasteiger partial charge on any atom is -0.478 e. The summed E-state index contributed by atoms with van der Waals surface area (Å²) < 4.78 is 0.830. The van der Waals surface area contributed by atoms with E-state index in [9.17, 15) is 4.79 Å². The Hall–Kier alpha value is -1.88. The molecule has 18 heavy (non-hydrogen) atoms. The van der Waals surface area contributed by atoms with Crippen molar-refractivity contribution in [2.75, 3.05) is 5.32 Å². The smallest absolute Gasteiger partial charge is 0.337 e. The average Bonchev–Trinajstić information content (AvgIpc) is 2.37. The predicted molar refractivity (Wildman–Crippen MR) is 72.7 cm³/mol. The van der Waals surface area contributed by atoms with Gasteiger partial charge in [-0.15, -0.1) is 0 Å². The molecule has 0 aliphatic rings. The highest BCUT2D eigenvalue weighted by atomic mass is 79.9. The van der Waals surface area contributed by atoms with E-state index in [-0.39, 0.29) is 5.56 Å². The minimum atomic E-state index is -0.953. The van der Waals surface area contributed by atoms with Crippen LogP contribution in [0.2, 0.25) is 0 Å². The molecule has 5 heteroatoms. The normalized spacial score (nSPS) is 10.1. The SMILES string of the molecule is O=C(O)c1ccc(Br)cc1NCc1ccccn1. The van der Waals surface area contributed by atoms with Crippen LogP contribution in [0.4, 0.5) is 5.69 Å². The summed E-state index contributed by atoms with van der Waals surface area (Å²) in [5.41, 5.74) is 1.67. The van der Waals surface area contributed by atoms with Crippen LogP contribution in [0.5, 0.6) is 0 Å². The van der Waals surface area contributed by atoms with Crippen molar-refractivity contribution in [1.29, 1.82) is 0 Å². The first-order valence-corrected chi connectivity index (χ1v) is 6.13. The Bertz CT molecular complexity index is 558. The number of hydrogen-bond donors (Lipinski definition) is 2. The van der Waals surface area contributed by atoms with E-state index in [1.54, 1.807) is 24.4 Å². The van der Waals surface area contributed by atoms with Crippen LogP contribution < -0.4 is 5.32 Å². The maximum Gasteiger partial charge on any atom is 0.337 e. The van der Waals surface area contributed by atoms with E-state index in [0.29, 0.717) is 12.2 Å². The third-order valence-electron chi connectivity index (χ3n) is 2.40. The second-order valence-electron chi connectivity index (χ2n) is 3.67. The minimum absolute atomic E-state index is 0.245. The number of pyridine rings is 1. The number of carboxylic acid groups (broad SMARTS) is 1. The molecular formula is C13H11BrN2O2. The third kappa shape index (κ3) is 3.07. The first kappa shape index (κ1) is 12.6. The van der Waals surface area contributed by atoms with Crippen molar-refractivity contribution < 1.29 is 9.90 Å². The number of nitrogens with one attached hydrogen (secondary N) is 1. The lowest BCUT2D eigenvalue weighted by atomic mass is 10.2. The van der Waals surface area contributed by atoms with Gasteiger partial charge in [0, 0.05) is 10.7 Å². The summed E-state index contributed by atoms with van der Waals surface area (Å²) in [5, 5.41) is 12.2. The number of halogens is 1. The molecule has 2 N–H and O–H groups in total. The van der Waals surface area contributed by atoms with E-state index in [1.165, 1.54) is 0 Å². The number of benzene rings is 1. The molecule has 4 nitrogen and oxygen atoms in total. The van der Waals surface area contributed by atoms with Crippen LogP contribution in [0.3, 0.4) is 0 Å². The van der Waals surface area contributed by atoms with Gasteiger partial charge in [-0.25, -0.2) is 4.79 Å². The van der Waals surface area contributed by atoms with Gasteiger partial charge < -0.3 is 10.4 Å². The van der Waals surface area contributed by atoms with Crippen LogP contribution in [0.25, 0.3) is 0 Å².